The van der Waals surface area contributed by atoms with Crippen LogP contribution in [0.1, 0.15) is 0 Å². The number of nitrogens with one attached hydrogen (secondary N) is 1. The SMILES string of the molecule is NC(=O)Nc1cc(Br)ccc1O. The Morgan fingerprint density at radius 2 is 2.25 bits per heavy atom. The van der Waals surface area contributed by atoms with E-state index in [9.17, 15) is 9.90 Å². The third-order valence-corrected chi connectivity index (χ3v) is 1.71. The Bertz CT molecular complexity index is 314. The predicted octanol–water partition coefficient (Wildman–Crippen LogP) is 1.65. The summed E-state index contributed by atoms with van der Waals surface area (Å²) in [7, 11) is 0. The quantitative estimate of drug-likeness (QED) is 0.642. The number of amides is 2. The van der Waals surface area contributed by atoms with Gasteiger partial charge in [-0.3, -0.25) is 0 Å². The normalized spacial score (nSPS) is 9.42. The number of phenolic OH excluding ortho intramolecular Hbond substituents is 1. The smallest absolute Gasteiger partial charge is 0.316 e. The van der Waals surface area contributed by atoms with E-state index < -0.39 is 6.03 Å². The van der Waals surface area contributed by atoms with Gasteiger partial charge in [0, 0.05) is 4.47 Å². The Balaban J connectivity index is 2.97. The molecule has 12 heavy (non-hydrogen) atoms. The summed E-state index contributed by atoms with van der Waals surface area (Å²) in [5.74, 6) is -0.0167. The van der Waals surface area contributed by atoms with Crippen LogP contribution in [0.25, 0.3) is 0 Å². The minimum atomic E-state index is -0.705. The molecule has 1 aromatic carbocycles. The van der Waals surface area contributed by atoms with Crippen molar-refractivity contribution in [3.05, 3.63) is 22.7 Å². The van der Waals surface area contributed by atoms with Crippen LogP contribution >= 0.6 is 15.9 Å². The number of hydrogen-bond donors (Lipinski definition) is 3. The molecule has 0 spiro atoms. The standard InChI is InChI=1S/C7H7BrN2O2/c8-4-1-2-6(11)5(3-4)10-7(9)12/h1-3,11H,(H3,9,10,12). The summed E-state index contributed by atoms with van der Waals surface area (Å²) in [4.78, 5) is 10.4. The predicted molar refractivity (Wildman–Crippen MR) is 49.0 cm³/mol. The molecule has 5 heteroatoms. The van der Waals surface area contributed by atoms with E-state index in [0.29, 0.717) is 0 Å². The molecule has 0 heterocycles. The van der Waals surface area contributed by atoms with Crippen LogP contribution in [0.5, 0.6) is 5.75 Å². The summed E-state index contributed by atoms with van der Waals surface area (Å²) in [6.45, 7) is 0. The highest BCUT2D eigenvalue weighted by molar-refractivity contribution is 9.10. The van der Waals surface area contributed by atoms with Crippen LogP contribution in [0.3, 0.4) is 0 Å². The average Bonchev–Trinajstić information content (AvgIpc) is 1.96. The van der Waals surface area contributed by atoms with Crippen molar-refractivity contribution in [3.63, 3.8) is 0 Å². The van der Waals surface area contributed by atoms with E-state index in [2.05, 4.69) is 21.2 Å². The molecule has 0 fully saturated rings. The van der Waals surface area contributed by atoms with Gasteiger partial charge in [-0.2, -0.15) is 0 Å². The Hall–Kier alpha value is -1.23. The number of carbonyl (C=O) groups excluding carboxylic acids is 1. The number of urea groups is 1. The summed E-state index contributed by atoms with van der Waals surface area (Å²) in [5, 5.41) is 11.5. The minimum absolute atomic E-state index is 0.0167. The molecule has 0 atom stereocenters. The molecule has 0 unspecified atom stereocenters. The molecule has 0 aromatic heterocycles. The number of hydrogen-bond acceptors (Lipinski definition) is 2. The van der Waals surface area contributed by atoms with E-state index in [4.69, 9.17) is 5.73 Å². The second-order valence-electron chi connectivity index (χ2n) is 2.15. The number of phenols is 1. The minimum Gasteiger partial charge on any atom is -0.506 e. The summed E-state index contributed by atoms with van der Waals surface area (Å²) < 4.78 is 0.754. The maximum absolute atomic E-state index is 10.4. The lowest BCUT2D eigenvalue weighted by molar-refractivity contribution is 0.259. The fourth-order valence-corrected chi connectivity index (χ4v) is 1.10. The largest absolute Gasteiger partial charge is 0.506 e. The Labute approximate surface area is 77.5 Å². The fraction of sp³-hybridized carbons (Fsp3) is 0. The number of carbonyl (C=O) groups is 1. The Morgan fingerprint density at radius 3 is 2.83 bits per heavy atom. The molecule has 4 N–H and O–H groups in total. The molecule has 1 rings (SSSR count). The van der Waals surface area contributed by atoms with Gasteiger partial charge in [0.15, 0.2) is 0 Å². The van der Waals surface area contributed by atoms with E-state index in [1.807, 2.05) is 0 Å². The lowest BCUT2D eigenvalue weighted by Gasteiger charge is -2.04. The van der Waals surface area contributed by atoms with Crippen molar-refractivity contribution in [2.45, 2.75) is 0 Å². The van der Waals surface area contributed by atoms with Crippen molar-refractivity contribution in [3.8, 4) is 5.75 Å². The maximum atomic E-state index is 10.4. The Kier molecular flexibility index (Phi) is 2.54. The van der Waals surface area contributed by atoms with Crippen LogP contribution in [-0.2, 0) is 0 Å². The van der Waals surface area contributed by atoms with Gasteiger partial charge in [0.05, 0.1) is 5.69 Å². The molecule has 1 aromatic rings. The number of rotatable bonds is 1. The van der Waals surface area contributed by atoms with Crippen LogP contribution < -0.4 is 11.1 Å². The first kappa shape index (κ1) is 8.86. The number of anilines is 1. The first-order valence-electron chi connectivity index (χ1n) is 3.14. The second-order valence-corrected chi connectivity index (χ2v) is 3.07. The monoisotopic (exact) mass is 230 g/mol. The number of aromatic hydroxyl groups is 1. The van der Waals surface area contributed by atoms with Crippen LogP contribution in [-0.4, -0.2) is 11.1 Å². The molecule has 0 saturated heterocycles. The van der Waals surface area contributed by atoms with Gasteiger partial charge in [0.1, 0.15) is 5.75 Å². The van der Waals surface area contributed by atoms with Gasteiger partial charge in [0.2, 0.25) is 0 Å². The average molecular weight is 231 g/mol. The van der Waals surface area contributed by atoms with Crippen LogP contribution in [0.4, 0.5) is 10.5 Å². The van der Waals surface area contributed by atoms with Gasteiger partial charge in [-0.15, -0.1) is 0 Å². The molecular formula is C7H7BrN2O2. The number of benzene rings is 1. The summed E-state index contributed by atoms with van der Waals surface area (Å²) in [5.41, 5.74) is 5.16. The van der Waals surface area contributed by atoms with Gasteiger partial charge in [-0.25, -0.2) is 4.79 Å². The molecule has 64 valence electrons. The molecule has 0 radical (unpaired) electrons. The summed E-state index contributed by atoms with van der Waals surface area (Å²) in [6.07, 6.45) is 0. The van der Waals surface area contributed by atoms with Gasteiger partial charge < -0.3 is 16.2 Å². The zero-order chi connectivity index (χ0) is 9.14. The zero-order valence-corrected chi connectivity index (χ0v) is 7.63. The van der Waals surface area contributed by atoms with Gasteiger partial charge in [-0.05, 0) is 18.2 Å². The topological polar surface area (TPSA) is 75.4 Å². The lowest BCUT2D eigenvalue weighted by Crippen LogP contribution is -2.19. The van der Waals surface area contributed by atoms with Gasteiger partial charge in [-0.1, -0.05) is 15.9 Å². The second kappa shape index (κ2) is 3.44. The van der Waals surface area contributed by atoms with Crippen LogP contribution in [0.15, 0.2) is 22.7 Å². The van der Waals surface area contributed by atoms with Crippen LogP contribution in [0, 0.1) is 0 Å². The van der Waals surface area contributed by atoms with Crippen molar-refractivity contribution in [2.75, 3.05) is 5.32 Å². The molecule has 0 bridgehead atoms. The highest BCUT2D eigenvalue weighted by Gasteiger charge is 2.02. The summed E-state index contributed by atoms with van der Waals surface area (Å²) >= 11 is 3.18. The number of primary amides is 1. The highest BCUT2D eigenvalue weighted by atomic mass is 79.9. The highest BCUT2D eigenvalue weighted by Crippen LogP contribution is 2.26. The van der Waals surface area contributed by atoms with Gasteiger partial charge in [0.25, 0.3) is 0 Å². The van der Waals surface area contributed by atoms with Crippen LogP contribution in [0.2, 0.25) is 0 Å². The van der Waals surface area contributed by atoms with Crippen molar-refractivity contribution >= 4 is 27.6 Å². The molecule has 0 aliphatic carbocycles. The number of nitrogens with two attached hydrogens (primary N) is 1. The molecule has 4 nitrogen and oxygen atoms in total. The van der Waals surface area contributed by atoms with Gasteiger partial charge >= 0.3 is 6.03 Å². The first-order valence-corrected chi connectivity index (χ1v) is 3.94. The molecule has 0 saturated carbocycles. The van der Waals surface area contributed by atoms with Crippen molar-refractivity contribution < 1.29 is 9.90 Å². The fourth-order valence-electron chi connectivity index (χ4n) is 0.741. The number of halogens is 1. The van der Waals surface area contributed by atoms with E-state index in [1.54, 1.807) is 12.1 Å². The maximum Gasteiger partial charge on any atom is 0.316 e. The zero-order valence-electron chi connectivity index (χ0n) is 6.04. The van der Waals surface area contributed by atoms with Crippen molar-refractivity contribution in [2.24, 2.45) is 5.73 Å². The van der Waals surface area contributed by atoms with E-state index in [-0.39, 0.29) is 11.4 Å². The summed E-state index contributed by atoms with van der Waals surface area (Å²) in [6, 6.07) is 3.96. The van der Waals surface area contributed by atoms with E-state index >= 15 is 0 Å². The lowest BCUT2D eigenvalue weighted by atomic mass is 10.3. The van der Waals surface area contributed by atoms with Crippen molar-refractivity contribution in [1.82, 2.24) is 0 Å². The van der Waals surface area contributed by atoms with E-state index in [0.717, 1.165) is 4.47 Å². The van der Waals surface area contributed by atoms with E-state index in [1.165, 1.54) is 6.07 Å². The molecule has 2 amide bonds. The molecular weight excluding hydrogens is 224 g/mol. The van der Waals surface area contributed by atoms with Crippen molar-refractivity contribution in [1.29, 1.82) is 0 Å². The molecule has 0 aliphatic heterocycles. The third kappa shape index (κ3) is 2.13. The molecule has 0 aliphatic rings. The third-order valence-electron chi connectivity index (χ3n) is 1.22. The first-order chi connectivity index (χ1) is 5.59. The Morgan fingerprint density at radius 1 is 1.58 bits per heavy atom.